The number of nitrogens with one attached hydrogen (secondary N) is 2. The van der Waals surface area contributed by atoms with Gasteiger partial charge in [0.1, 0.15) is 5.82 Å². The standard InChI is InChI=1S/C22H26N4OS/c27-22(23-16-17-8-2-1-3-9-17)26(28-18-10-4-5-11-18)15-14-21-24-19-12-6-7-13-20(19)25-21/h1-3,6-9,12-13,18H,4-5,10-11,14-16H2,(H,23,27)(H,24,25). The largest absolute Gasteiger partial charge is 0.342 e. The van der Waals surface area contributed by atoms with Gasteiger partial charge in [0, 0.05) is 24.8 Å². The van der Waals surface area contributed by atoms with Crippen molar-refractivity contribution in [2.75, 3.05) is 6.54 Å². The van der Waals surface area contributed by atoms with Gasteiger partial charge in [-0.05, 0) is 42.5 Å². The lowest BCUT2D eigenvalue weighted by atomic mass is 10.2. The van der Waals surface area contributed by atoms with Gasteiger partial charge in [-0.3, -0.25) is 4.31 Å². The van der Waals surface area contributed by atoms with E-state index in [1.165, 1.54) is 25.7 Å². The predicted molar refractivity (Wildman–Crippen MR) is 115 cm³/mol. The van der Waals surface area contributed by atoms with Crippen molar-refractivity contribution in [3.8, 4) is 0 Å². The Morgan fingerprint density at radius 1 is 1.11 bits per heavy atom. The third kappa shape index (κ3) is 4.87. The van der Waals surface area contributed by atoms with E-state index in [1.807, 2.05) is 58.9 Å². The predicted octanol–water partition coefficient (Wildman–Crippen LogP) is 4.91. The molecule has 3 aromatic rings. The zero-order valence-corrected chi connectivity index (χ0v) is 16.8. The molecule has 6 heteroatoms. The fraction of sp³-hybridized carbons (Fsp3) is 0.364. The molecule has 2 amide bonds. The van der Waals surface area contributed by atoms with Crippen LogP contribution in [0.4, 0.5) is 4.79 Å². The second-order valence-corrected chi connectivity index (χ2v) is 8.53. The number of benzene rings is 2. The number of aromatic amines is 1. The van der Waals surface area contributed by atoms with E-state index >= 15 is 0 Å². The number of hydrogen-bond acceptors (Lipinski definition) is 3. The molecule has 4 rings (SSSR count). The lowest BCUT2D eigenvalue weighted by Gasteiger charge is -2.24. The van der Waals surface area contributed by atoms with E-state index in [0.717, 1.165) is 22.4 Å². The number of carbonyl (C=O) groups is 1. The number of rotatable bonds is 7. The molecule has 2 N–H and O–H groups in total. The molecular weight excluding hydrogens is 368 g/mol. The second-order valence-electron chi connectivity index (χ2n) is 7.21. The van der Waals surface area contributed by atoms with Crippen molar-refractivity contribution < 1.29 is 4.79 Å². The van der Waals surface area contributed by atoms with Crippen molar-refractivity contribution in [1.82, 2.24) is 19.6 Å². The summed E-state index contributed by atoms with van der Waals surface area (Å²) in [4.78, 5) is 20.9. The molecule has 2 aromatic carbocycles. The van der Waals surface area contributed by atoms with Gasteiger partial charge in [-0.1, -0.05) is 55.3 Å². The molecule has 146 valence electrons. The van der Waals surface area contributed by atoms with Crippen molar-refractivity contribution in [2.24, 2.45) is 0 Å². The summed E-state index contributed by atoms with van der Waals surface area (Å²) in [7, 11) is 0. The van der Waals surface area contributed by atoms with Gasteiger partial charge < -0.3 is 10.3 Å². The number of aromatic nitrogens is 2. The average Bonchev–Trinajstić information content (AvgIpc) is 3.39. The highest BCUT2D eigenvalue weighted by molar-refractivity contribution is 7.98. The topological polar surface area (TPSA) is 61.0 Å². The van der Waals surface area contributed by atoms with Crippen LogP contribution in [0.5, 0.6) is 0 Å². The Hall–Kier alpha value is -2.47. The van der Waals surface area contributed by atoms with Crippen LogP contribution in [-0.2, 0) is 13.0 Å². The fourth-order valence-electron chi connectivity index (χ4n) is 3.57. The van der Waals surface area contributed by atoms with Crippen LogP contribution in [0.25, 0.3) is 11.0 Å². The quantitative estimate of drug-likeness (QED) is 0.560. The van der Waals surface area contributed by atoms with Crippen LogP contribution in [0.15, 0.2) is 54.6 Å². The number of imidazole rings is 1. The van der Waals surface area contributed by atoms with Gasteiger partial charge in [0.05, 0.1) is 11.0 Å². The van der Waals surface area contributed by atoms with E-state index < -0.39 is 0 Å². The Morgan fingerprint density at radius 2 is 1.86 bits per heavy atom. The number of hydrogen-bond donors (Lipinski definition) is 2. The van der Waals surface area contributed by atoms with Crippen LogP contribution in [0.2, 0.25) is 0 Å². The molecule has 1 aliphatic rings. The first-order valence-electron chi connectivity index (χ1n) is 9.97. The number of nitrogens with zero attached hydrogens (tertiary/aromatic N) is 2. The molecule has 0 aliphatic heterocycles. The first-order chi connectivity index (χ1) is 13.8. The monoisotopic (exact) mass is 394 g/mol. The average molecular weight is 395 g/mol. The molecule has 0 saturated heterocycles. The molecule has 1 aliphatic carbocycles. The first kappa shape index (κ1) is 18.9. The summed E-state index contributed by atoms with van der Waals surface area (Å²) in [6, 6.07) is 18.1. The maximum atomic E-state index is 12.9. The summed E-state index contributed by atoms with van der Waals surface area (Å²) >= 11 is 1.70. The van der Waals surface area contributed by atoms with E-state index in [1.54, 1.807) is 11.9 Å². The van der Waals surface area contributed by atoms with E-state index in [0.29, 0.717) is 24.8 Å². The third-order valence-electron chi connectivity index (χ3n) is 5.08. The second kappa shape index (κ2) is 9.15. The Bertz CT molecular complexity index is 872. The molecule has 5 nitrogen and oxygen atoms in total. The molecule has 1 aromatic heterocycles. The molecule has 28 heavy (non-hydrogen) atoms. The van der Waals surface area contributed by atoms with Crippen molar-refractivity contribution in [3.63, 3.8) is 0 Å². The number of fused-ring (bicyclic) bond motifs is 1. The molecule has 0 unspecified atom stereocenters. The minimum Gasteiger partial charge on any atom is -0.342 e. The summed E-state index contributed by atoms with van der Waals surface area (Å²) in [5, 5.41) is 3.61. The zero-order chi connectivity index (χ0) is 19.2. The minimum absolute atomic E-state index is 0.0168. The molecule has 0 bridgehead atoms. The lowest BCUT2D eigenvalue weighted by molar-refractivity contribution is 0.225. The van der Waals surface area contributed by atoms with Gasteiger partial charge in [-0.2, -0.15) is 0 Å². The maximum Gasteiger partial charge on any atom is 0.327 e. The van der Waals surface area contributed by atoms with Crippen molar-refractivity contribution >= 4 is 29.0 Å². The third-order valence-corrected chi connectivity index (χ3v) is 6.45. The maximum absolute atomic E-state index is 12.9. The fourth-order valence-corrected chi connectivity index (χ4v) is 4.83. The van der Waals surface area contributed by atoms with E-state index in [9.17, 15) is 4.79 Å². The van der Waals surface area contributed by atoms with Gasteiger partial charge in [-0.15, -0.1) is 0 Å². The zero-order valence-electron chi connectivity index (χ0n) is 15.9. The first-order valence-corrected chi connectivity index (χ1v) is 10.8. The Kier molecular flexibility index (Phi) is 6.17. The minimum atomic E-state index is -0.0168. The normalized spacial score (nSPS) is 14.4. The molecule has 0 spiro atoms. The number of H-pyrrole nitrogens is 1. The number of carbonyl (C=O) groups excluding carboxylic acids is 1. The summed E-state index contributed by atoms with van der Waals surface area (Å²) in [5.41, 5.74) is 3.13. The summed E-state index contributed by atoms with van der Waals surface area (Å²) in [6.07, 6.45) is 5.63. The molecule has 1 fully saturated rings. The molecular formula is C22H26N4OS. The van der Waals surface area contributed by atoms with Crippen molar-refractivity contribution in [3.05, 3.63) is 66.0 Å². The Morgan fingerprint density at radius 3 is 2.64 bits per heavy atom. The van der Waals surface area contributed by atoms with Crippen molar-refractivity contribution in [2.45, 2.75) is 43.9 Å². The van der Waals surface area contributed by atoms with Crippen LogP contribution < -0.4 is 5.32 Å². The van der Waals surface area contributed by atoms with Gasteiger partial charge in [0.25, 0.3) is 0 Å². The van der Waals surface area contributed by atoms with Gasteiger partial charge in [-0.25, -0.2) is 9.78 Å². The van der Waals surface area contributed by atoms with E-state index in [-0.39, 0.29) is 6.03 Å². The number of amides is 2. The molecule has 0 atom stereocenters. The molecule has 0 radical (unpaired) electrons. The highest BCUT2D eigenvalue weighted by Crippen LogP contribution is 2.32. The van der Waals surface area contributed by atoms with Crippen LogP contribution in [0.1, 0.15) is 37.1 Å². The van der Waals surface area contributed by atoms with E-state index in [2.05, 4.69) is 15.3 Å². The molecule has 1 saturated carbocycles. The summed E-state index contributed by atoms with van der Waals surface area (Å²) < 4.78 is 1.89. The van der Waals surface area contributed by atoms with Crippen LogP contribution >= 0.6 is 11.9 Å². The summed E-state index contributed by atoms with van der Waals surface area (Å²) in [6.45, 7) is 1.19. The van der Waals surface area contributed by atoms with E-state index in [4.69, 9.17) is 0 Å². The highest BCUT2D eigenvalue weighted by Gasteiger charge is 2.23. The molecule has 1 heterocycles. The smallest absolute Gasteiger partial charge is 0.327 e. The van der Waals surface area contributed by atoms with Crippen LogP contribution in [0.3, 0.4) is 0 Å². The van der Waals surface area contributed by atoms with Gasteiger partial charge in [0.2, 0.25) is 0 Å². The van der Waals surface area contributed by atoms with Gasteiger partial charge in [0.15, 0.2) is 0 Å². The van der Waals surface area contributed by atoms with Crippen molar-refractivity contribution in [1.29, 1.82) is 0 Å². The van der Waals surface area contributed by atoms with Crippen LogP contribution in [0, 0.1) is 0 Å². The summed E-state index contributed by atoms with van der Waals surface area (Å²) in [5.74, 6) is 0.925. The number of para-hydroxylation sites is 2. The highest BCUT2D eigenvalue weighted by atomic mass is 32.2. The Labute approximate surface area is 170 Å². The Balaban J connectivity index is 1.39. The van der Waals surface area contributed by atoms with Gasteiger partial charge >= 0.3 is 6.03 Å². The van der Waals surface area contributed by atoms with Crippen LogP contribution in [-0.4, -0.2) is 32.1 Å². The lowest BCUT2D eigenvalue weighted by Crippen LogP contribution is -2.37. The number of urea groups is 1. The SMILES string of the molecule is O=C(NCc1ccccc1)N(CCc1nc2ccccc2[nH]1)SC1CCCC1.